The number of nitrogens with zero attached hydrogens (tertiary/aromatic N) is 2. The van der Waals surface area contributed by atoms with Gasteiger partial charge in [0.25, 0.3) is 5.91 Å². The van der Waals surface area contributed by atoms with Crippen molar-refractivity contribution in [2.24, 2.45) is 0 Å². The van der Waals surface area contributed by atoms with Gasteiger partial charge in [-0.3, -0.25) is 9.59 Å². The van der Waals surface area contributed by atoms with E-state index in [0.29, 0.717) is 30.9 Å². The summed E-state index contributed by atoms with van der Waals surface area (Å²) in [5.41, 5.74) is 1.35. The quantitative estimate of drug-likeness (QED) is 0.792. The molecule has 2 saturated heterocycles. The number of carbonyl (C=O) groups is 2. The van der Waals surface area contributed by atoms with Crippen LogP contribution in [-0.2, 0) is 29.8 Å². The number of hydrogen-bond acceptors (Lipinski definition) is 5. The molecular weight excluding hydrogens is 394 g/mol. The number of ether oxygens (including phenoxy) is 1. The molecular formula is C20H27N3O5S. The summed E-state index contributed by atoms with van der Waals surface area (Å²) in [4.78, 5) is 26.6. The SMILES string of the molecule is Cc1cc(S(=O)(=O)N2CCN(C(=O)C3CCCO3)CC2)cc2c1NC(=O)C2(C)C. The Hall–Kier alpha value is -1.97. The van der Waals surface area contributed by atoms with E-state index in [1.165, 1.54) is 4.31 Å². The number of sulfonamides is 1. The van der Waals surface area contributed by atoms with Gasteiger partial charge in [0, 0.05) is 38.5 Å². The maximum atomic E-state index is 13.3. The monoisotopic (exact) mass is 421 g/mol. The van der Waals surface area contributed by atoms with Crippen molar-refractivity contribution in [1.82, 2.24) is 9.21 Å². The number of hydrogen-bond donors (Lipinski definition) is 1. The highest BCUT2D eigenvalue weighted by Gasteiger charge is 2.41. The fourth-order valence-electron chi connectivity index (χ4n) is 4.23. The van der Waals surface area contributed by atoms with Crippen LogP contribution in [0.3, 0.4) is 0 Å². The molecule has 0 aromatic heterocycles. The van der Waals surface area contributed by atoms with Gasteiger partial charge in [-0.1, -0.05) is 0 Å². The van der Waals surface area contributed by atoms with Crippen LogP contribution in [0.1, 0.15) is 37.8 Å². The molecule has 2 amide bonds. The van der Waals surface area contributed by atoms with Gasteiger partial charge in [0.2, 0.25) is 15.9 Å². The van der Waals surface area contributed by atoms with Crippen LogP contribution in [0.15, 0.2) is 17.0 Å². The van der Waals surface area contributed by atoms with Crippen LogP contribution in [0.5, 0.6) is 0 Å². The van der Waals surface area contributed by atoms with Gasteiger partial charge in [0.15, 0.2) is 0 Å². The van der Waals surface area contributed by atoms with Gasteiger partial charge < -0.3 is 15.0 Å². The minimum absolute atomic E-state index is 0.0424. The molecule has 1 aromatic rings. The van der Waals surface area contributed by atoms with Crippen molar-refractivity contribution in [3.63, 3.8) is 0 Å². The second kappa shape index (κ2) is 7.07. The van der Waals surface area contributed by atoms with E-state index in [9.17, 15) is 18.0 Å². The van der Waals surface area contributed by atoms with Crippen LogP contribution in [-0.4, -0.2) is 68.3 Å². The Kier molecular flexibility index (Phi) is 4.95. The summed E-state index contributed by atoms with van der Waals surface area (Å²) < 4.78 is 33.4. The van der Waals surface area contributed by atoms with Crippen molar-refractivity contribution < 1.29 is 22.7 Å². The smallest absolute Gasteiger partial charge is 0.251 e. The zero-order chi connectivity index (χ0) is 21.0. The van der Waals surface area contributed by atoms with Gasteiger partial charge in [-0.05, 0) is 56.9 Å². The molecule has 3 aliphatic rings. The Morgan fingerprint density at radius 3 is 2.52 bits per heavy atom. The summed E-state index contributed by atoms with van der Waals surface area (Å²) in [5.74, 6) is -0.175. The highest BCUT2D eigenvalue weighted by atomic mass is 32.2. The van der Waals surface area contributed by atoms with Gasteiger partial charge in [0.05, 0.1) is 10.3 Å². The summed E-state index contributed by atoms with van der Waals surface area (Å²) in [7, 11) is -3.72. The Labute approximate surface area is 171 Å². The number of aryl methyl sites for hydroxylation is 1. The van der Waals surface area contributed by atoms with Crippen molar-refractivity contribution >= 4 is 27.5 Å². The number of benzene rings is 1. The van der Waals surface area contributed by atoms with Crippen molar-refractivity contribution in [3.05, 3.63) is 23.3 Å². The van der Waals surface area contributed by atoms with Gasteiger partial charge in [0.1, 0.15) is 6.10 Å². The molecule has 0 spiro atoms. The van der Waals surface area contributed by atoms with Gasteiger partial charge in [-0.2, -0.15) is 4.31 Å². The molecule has 3 heterocycles. The first-order valence-electron chi connectivity index (χ1n) is 9.99. The average molecular weight is 422 g/mol. The van der Waals surface area contributed by atoms with E-state index >= 15 is 0 Å². The number of anilines is 1. The first-order valence-corrected chi connectivity index (χ1v) is 11.4. The number of piperazine rings is 1. The lowest BCUT2D eigenvalue weighted by Gasteiger charge is -2.35. The Morgan fingerprint density at radius 2 is 1.90 bits per heavy atom. The predicted octanol–water partition coefficient (Wildman–Crippen LogP) is 1.24. The fourth-order valence-corrected chi connectivity index (χ4v) is 5.76. The molecule has 158 valence electrons. The van der Waals surface area contributed by atoms with E-state index in [0.717, 1.165) is 18.4 Å². The number of nitrogens with one attached hydrogen (secondary N) is 1. The van der Waals surface area contributed by atoms with Gasteiger partial charge in [-0.15, -0.1) is 0 Å². The first-order chi connectivity index (χ1) is 13.6. The molecule has 1 aromatic carbocycles. The number of carbonyl (C=O) groups excluding carboxylic acids is 2. The summed E-state index contributed by atoms with van der Waals surface area (Å²) in [6.07, 6.45) is 1.23. The van der Waals surface area contributed by atoms with Crippen molar-refractivity contribution in [3.8, 4) is 0 Å². The first kappa shape index (κ1) is 20.3. The average Bonchev–Trinajstić information content (AvgIpc) is 3.30. The van der Waals surface area contributed by atoms with Crippen LogP contribution in [0.25, 0.3) is 0 Å². The third-order valence-corrected chi connectivity index (χ3v) is 8.06. The molecule has 1 unspecified atom stereocenters. The fraction of sp³-hybridized carbons (Fsp3) is 0.600. The Balaban J connectivity index is 1.53. The molecule has 29 heavy (non-hydrogen) atoms. The largest absolute Gasteiger partial charge is 0.368 e. The second-order valence-electron chi connectivity index (χ2n) is 8.47. The molecule has 0 bridgehead atoms. The molecule has 0 aliphatic carbocycles. The van der Waals surface area contributed by atoms with Gasteiger partial charge in [-0.25, -0.2) is 8.42 Å². The molecule has 1 N–H and O–H groups in total. The van der Waals surface area contributed by atoms with Crippen LogP contribution in [0.4, 0.5) is 5.69 Å². The zero-order valence-electron chi connectivity index (χ0n) is 17.0. The number of rotatable bonds is 3. The molecule has 2 fully saturated rings. The molecule has 4 rings (SSSR count). The molecule has 0 saturated carbocycles. The van der Waals surface area contributed by atoms with E-state index in [4.69, 9.17) is 4.74 Å². The Morgan fingerprint density at radius 1 is 1.21 bits per heavy atom. The van der Waals surface area contributed by atoms with Crippen LogP contribution in [0.2, 0.25) is 0 Å². The molecule has 1 atom stereocenters. The van der Waals surface area contributed by atoms with E-state index in [-0.39, 0.29) is 35.9 Å². The highest BCUT2D eigenvalue weighted by Crippen LogP contribution is 2.41. The minimum Gasteiger partial charge on any atom is -0.368 e. The lowest BCUT2D eigenvalue weighted by molar-refractivity contribution is -0.142. The predicted molar refractivity (Wildman–Crippen MR) is 107 cm³/mol. The summed E-state index contributed by atoms with van der Waals surface area (Å²) >= 11 is 0. The topological polar surface area (TPSA) is 96.0 Å². The third-order valence-electron chi connectivity index (χ3n) is 6.18. The van der Waals surface area contributed by atoms with E-state index in [1.54, 1.807) is 37.8 Å². The van der Waals surface area contributed by atoms with Crippen molar-refractivity contribution in [2.45, 2.75) is 50.0 Å². The lowest BCUT2D eigenvalue weighted by atomic mass is 9.85. The summed E-state index contributed by atoms with van der Waals surface area (Å²) in [6, 6.07) is 3.22. The van der Waals surface area contributed by atoms with Crippen molar-refractivity contribution in [1.29, 1.82) is 0 Å². The summed E-state index contributed by atoms with van der Waals surface area (Å²) in [6.45, 7) is 7.20. The normalized spacial score (nSPS) is 24.4. The lowest BCUT2D eigenvalue weighted by Crippen LogP contribution is -2.52. The molecule has 3 aliphatic heterocycles. The van der Waals surface area contributed by atoms with E-state index in [2.05, 4.69) is 5.32 Å². The second-order valence-corrected chi connectivity index (χ2v) is 10.4. The summed E-state index contributed by atoms with van der Waals surface area (Å²) in [5, 5.41) is 2.86. The van der Waals surface area contributed by atoms with Crippen LogP contribution >= 0.6 is 0 Å². The molecule has 8 nitrogen and oxygen atoms in total. The zero-order valence-corrected chi connectivity index (χ0v) is 17.8. The highest BCUT2D eigenvalue weighted by molar-refractivity contribution is 7.89. The standard InChI is InChI=1S/C20H27N3O5S/c1-13-11-14(12-15-17(13)21-19(25)20(15,2)3)29(26,27)23-8-6-22(7-9-23)18(24)16-5-4-10-28-16/h11-12,16H,4-10H2,1-3H3,(H,21,25). The maximum Gasteiger partial charge on any atom is 0.251 e. The van der Waals surface area contributed by atoms with E-state index in [1.807, 2.05) is 0 Å². The Bertz CT molecular complexity index is 959. The van der Waals surface area contributed by atoms with E-state index < -0.39 is 15.4 Å². The number of amides is 2. The molecule has 9 heteroatoms. The van der Waals surface area contributed by atoms with Gasteiger partial charge >= 0.3 is 0 Å². The van der Waals surface area contributed by atoms with Crippen molar-refractivity contribution in [2.75, 3.05) is 38.1 Å². The molecule has 0 radical (unpaired) electrons. The third kappa shape index (κ3) is 3.35. The van der Waals surface area contributed by atoms with Crippen LogP contribution < -0.4 is 5.32 Å². The van der Waals surface area contributed by atoms with Crippen LogP contribution in [0, 0.1) is 6.92 Å². The minimum atomic E-state index is -3.72. The maximum absolute atomic E-state index is 13.3. The number of fused-ring (bicyclic) bond motifs is 1.